The van der Waals surface area contributed by atoms with Crippen molar-refractivity contribution < 1.29 is 4.42 Å². The van der Waals surface area contributed by atoms with Gasteiger partial charge in [0.1, 0.15) is 29.3 Å². The third kappa shape index (κ3) is 5.15. The van der Waals surface area contributed by atoms with Crippen LogP contribution in [0.3, 0.4) is 0 Å². The van der Waals surface area contributed by atoms with Gasteiger partial charge in [-0.15, -0.1) is 0 Å². The van der Waals surface area contributed by atoms with Gasteiger partial charge in [0.05, 0.1) is 16.6 Å². The Bertz CT molecular complexity index is 2660. The molecule has 0 amide bonds. The molecule has 1 aliphatic heterocycles. The SMILES string of the molecule is CC1(C)c2ccccc2-c2ccc(N(c3ccccc3)c3ccc(C4=NC(c5ccccc5)NC(c5ccccc5)N4)c4oc5ccccc5c34)cc21. The van der Waals surface area contributed by atoms with E-state index in [0.717, 1.165) is 61.5 Å². The van der Waals surface area contributed by atoms with Crippen LogP contribution in [0, 0.1) is 0 Å². The van der Waals surface area contributed by atoms with Crippen LogP contribution < -0.4 is 15.5 Å². The number of amidine groups is 1. The van der Waals surface area contributed by atoms with Crippen LogP contribution in [-0.4, -0.2) is 5.84 Å². The number of furan rings is 1. The molecule has 7 aromatic carbocycles. The second-order valence-electron chi connectivity index (χ2n) is 14.5. The molecule has 2 aliphatic rings. The first-order valence-corrected chi connectivity index (χ1v) is 18.3. The van der Waals surface area contributed by atoms with E-state index in [1.165, 1.54) is 22.3 Å². The van der Waals surface area contributed by atoms with Crippen molar-refractivity contribution in [1.29, 1.82) is 0 Å². The first-order chi connectivity index (χ1) is 26.0. The van der Waals surface area contributed by atoms with E-state index >= 15 is 0 Å². The Morgan fingerprint density at radius 2 is 1.23 bits per heavy atom. The van der Waals surface area contributed by atoms with Crippen LogP contribution in [0.4, 0.5) is 17.1 Å². The van der Waals surface area contributed by atoms with Crippen LogP contribution in [0.5, 0.6) is 0 Å². The third-order valence-electron chi connectivity index (χ3n) is 11.0. The quantitative estimate of drug-likeness (QED) is 0.183. The van der Waals surface area contributed by atoms with Crippen molar-refractivity contribution in [3.63, 3.8) is 0 Å². The fourth-order valence-corrected chi connectivity index (χ4v) is 8.34. The van der Waals surface area contributed by atoms with Crippen molar-refractivity contribution in [2.45, 2.75) is 31.6 Å². The highest BCUT2D eigenvalue weighted by molar-refractivity contribution is 6.20. The molecule has 0 fully saturated rings. The van der Waals surface area contributed by atoms with Crippen molar-refractivity contribution in [3.05, 3.63) is 198 Å². The summed E-state index contributed by atoms with van der Waals surface area (Å²) < 4.78 is 6.86. The lowest BCUT2D eigenvalue weighted by Gasteiger charge is -2.32. The molecule has 0 saturated heterocycles. The maximum absolute atomic E-state index is 6.86. The van der Waals surface area contributed by atoms with E-state index in [-0.39, 0.29) is 17.7 Å². The molecule has 2 atom stereocenters. The number of rotatable bonds is 6. The molecular weight excluding hydrogens is 649 g/mol. The van der Waals surface area contributed by atoms with Gasteiger partial charge in [0.2, 0.25) is 0 Å². The third-order valence-corrected chi connectivity index (χ3v) is 11.0. The number of aliphatic imine (C=N–C) groups is 1. The molecule has 5 nitrogen and oxygen atoms in total. The second kappa shape index (κ2) is 12.4. The highest BCUT2D eigenvalue weighted by atomic mass is 16.3. The zero-order valence-electron chi connectivity index (χ0n) is 29.6. The normalized spacial score (nSPS) is 17.2. The van der Waals surface area contributed by atoms with Crippen LogP contribution in [0.2, 0.25) is 0 Å². The minimum Gasteiger partial charge on any atom is -0.455 e. The van der Waals surface area contributed by atoms with Crippen molar-refractivity contribution in [3.8, 4) is 11.1 Å². The van der Waals surface area contributed by atoms with Crippen molar-refractivity contribution >= 4 is 44.8 Å². The van der Waals surface area contributed by atoms with Crippen LogP contribution in [0.1, 0.15) is 54.0 Å². The molecule has 0 spiro atoms. The number of hydrogen-bond acceptors (Lipinski definition) is 5. The minimum absolute atomic E-state index is 0.130. The van der Waals surface area contributed by atoms with Gasteiger partial charge in [0.15, 0.2) is 0 Å². The van der Waals surface area contributed by atoms with Crippen molar-refractivity contribution in [1.82, 2.24) is 10.6 Å². The molecule has 53 heavy (non-hydrogen) atoms. The fourth-order valence-electron chi connectivity index (χ4n) is 8.34. The Morgan fingerprint density at radius 3 is 2.02 bits per heavy atom. The lowest BCUT2D eigenvalue weighted by atomic mass is 9.82. The van der Waals surface area contributed by atoms with E-state index in [1.807, 2.05) is 18.2 Å². The lowest BCUT2D eigenvalue weighted by molar-refractivity contribution is 0.409. The maximum Gasteiger partial charge on any atom is 0.148 e. The number of nitrogens with zero attached hydrogens (tertiary/aromatic N) is 2. The monoisotopic (exact) mass is 686 g/mol. The molecule has 5 heteroatoms. The number of fused-ring (bicyclic) bond motifs is 6. The highest BCUT2D eigenvalue weighted by Crippen LogP contribution is 2.51. The van der Waals surface area contributed by atoms with Gasteiger partial charge in [0, 0.05) is 22.2 Å². The summed E-state index contributed by atoms with van der Waals surface area (Å²) in [5.41, 5.74) is 13.2. The van der Waals surface area contributed by atoms with E-state index in [4.69, 9.17) is 9.41 Å². The van der Waals surface area contributed by atoms with Gasteiger partial charge in [-0.05, 0) is 75.8 Å². The van der Waals surface area contributed by atoms with E-state index in [0.29, 0.717) is 0 Å². The Labute approximate surface area is 309 Å². The minimum atomic E-state index is -0.253. The largest absolute Gasteiger partial charge is 0.455 e. The summed E-state index contributed by atoms with van der Waals surface area (Å²) in [6.45, 7) is 4.67. The van der Waals surface area contributed by atoms with Crippen molar-refractivity contribution in [2.24, 2.45) is 4.99 Å². The number of benzene rings is 7. The molecule has 0 saturated carbocycles. The fraction of sp³-hybridized carbons (Fsp3) is 0.104. The molecule has 10 rings (SSSR count). The number of nitrogens with one attached hydrogen (secondary N) is 2. The molecule has 2 heterocycles. The van der Waals surface area contributed by atoms with Gasteiger partial charge in [-0.3, -0.25) is 5.32 Å². The van der Waals surface area contributed by atoms with E-state index in [2.05, 4.69) is 181 Å². The Hall–Kier alpha value is -6.43. The summed E-state index contributed by atoms with van der Waals surface area (Å²) in [5, 5.41) is 9.58. The molecule has 2 unspecified atom stereocenters. The van der Waals surface area contributed by atoms with Gasteiger partial charge in [0.25, 0.3) is 0 Å². The van der Waals surface area contributed by atoms with Gasteiger partial charge in [-0.25, -0.2) is 4.99 Å². The van der Waals surface area contributed by atoms with Gasteiger partial charge >= 0.3 is 0 Å². The number of para-hydroxylation sites is 2. The van der Waals surface area contributed by atoms with Gasteiger partial charge in [-0.2, -0.15) is 0 Å². The summed E-state index contributed by atoms with van der Waals surface area (Å²) in [5.74, 6) is 0.783. The van der Waals surface area contributed by atoms with Crippen LogP contribution >= 0.6 is 0 Å². The average molecular weight is 687 g/mol. The Morgan fingerprint density at radius 1 is 0.585 bits per heavy atom. The predicted octanol–water partition coefficient (Wildman–Crippen LogP) is 11.7. The maximum atomic E-state index is 6.86. The van der Waals surface area contributed by atoms with Gasteiger partial charge in [-0.1, -0.05) is 141 Å². The number of hydrogen-bond donors (Lipinski definition) is 2. The van der Waals surface area contributed by atoms with E-state index < -0.39 is 0 Å². The van der Waals surface area contributed by atoms with E-state index in [1.54, 1.807) is 0 Å². The topological polar surface area (TPSA) is 52.8 Å². The molecule has 0 radical (unpaired) electrons. The summed E-state index contributed by atoms with van der Waals surface area (Å²) in [7, 11) is 0. The highest BCUT2D eigenvalue weighted by Gasteiger charge is 2.36. The number of anilines is 3. The molecular formula is C48H38N4O. The standard InChI is InChI=1S/C48H38N4O/c1-48(2)39-24-14-12-22-35(39)36-27-26-34(30-40(36)48)52(33-20-10-5-11-21-33)41-29-28-38(44-43(41)37-23-13-15-25-42(37)53-44)47-50-45(31-16-6-3-7-17-31)49-46(51-47)32-18-8-4-9-19-32/h3-30,45-46,49H,1-2H3,(H,50,51). The zero-order valence-corrected chi connectivity index (χ0v) is 29.6. The van der Waals surface area contributed by atoms with Crippen LogP contribution in [-0.2, 0) is 5.41 Å². The smallest absolute Gasteiger partial charge is 0.148 e. The molecule has 8 aromatic rings. The van der Waals surface area contributed by atoms with Gasteiger partial charge < -0.3 is 14.6 Å². The summed E-state index contributed by atoms with van der Waals surface area (Å²) in [6, 6.07) is 60.1. The predicted molar refractivity (Wildman–Crippen MR) is 217 cm³/mol. The molecule has 2 N–H and O–H groups in total. The second-order valence-corrected chi connectivity index (χ2v) is 14.5. The Balaban J connectivity index is 1.18. The van der Waals surface area contributed by atoms with E-state index in [9.17, 15) is 0 Å². The molecule has 256 valence electrons. The lowest BCUT2D eigenvalue weighted by Crippen LogP contribution is -2.45. The zero-order chi connectivity index (χ0) is 35.5. The Kier molecular flexibility index (Phi) is 7.31. The summed E-state index contributed by atoms with van der Waals surface area (Å²) >= 11 is 0. The summed E-state index contributed by atoms with van der Waals surface area (Å²) in [6.07, 6.45) is -0.413. The van der Waals surface area contributed by atoms with Crippen molar-refractivity contribution in [2.75, 3.05) is 4.90 Å². The van der Waals surface area contributed by atoms with Crippen LogP contribution in [0.25, 0.3) is 33.1 Å². The first kappa shape index (κ1) is 31.3. The molecule has 1 aliphatic carbocycles. The first-order valence-electron chi connectivity index (χ1n) is 18.3. The summed E-state index contributed by atoms with van der Waals surface area (Å²) in [4.78, 5) is 7.68. The average Bonchev–Trinajstić information content (AvgIpc) is 3.72. The molecule has 1 aromatic heterocycles. The molecule has 0 bridgehead atoms. The van der Waals surface area contributed by atoms with Crippen LogP contribution in [0.15, 0.2) is 179 Å².